The Balaban J connectivity index is 1.50. The third-order valence-electron chi connectivity index (χ3n) is 5.94. The average molecular weight is 340 g/mol. The van der Waals surface area contributed by atoms with Crippen LogP contribution in [0.3, 0.4) is 0 Å². The topological polar surface area (TPSA) is 79.8 Å². The molecule has 0 aromatic heterocycles. The van der Waals surface area contributed by atoms with E-state index in [0.717, 1.165) is 19.3 Å². The van der Waals surface area contributed by atoms with Gasteiger partial charge in [-0.3, -0.25) is 0 Å². The lowest BCUT2D eigenvalue weighted by atomic mass is 9.50. The molecule has 24 heavy (non-hydrogen) atoms. The van der Waals surface area contributed by atoms with E-state index in [1.54, 1.807) is 0 Å². The van der Waals surface area contributed by atoms with Crippen LogP contribution in [-0.2, 0) is 9.47 Å². The lowest BCUT2D eigenvalue weighted by Gasteiger charge is -2.62. The fraction of sp³-hybridized carbons (Fsp3) is 0.944. The standard InChI is InChI=1S/C18H32N2O4/c1-16(2,3)24-15(21)20-14-11-13(18(14)5-4-6-18)19-12-17(22)7-9-23-10-8-17/h13-14,19,22H,4-12H2,1-3H3,(H,20,21). The van der Waals surface area contributed by atoms with E-state index in [2.05, 4.69) is 10.6 Å². The molecule has 3 N–H and O–H groups in total. The van der Waals surface area contributed by atoms with Gasteiger partial charge >= 0.3 is 6.09 Å². The SMILES string of the molecule is CC(C)(C)OC(=O)NC1CC(NCC2(O)CCOCC2)C12CCC2. The number of alkyl carbamates (subject to hydrolysis) is 1. The fourth-order valence-electron chi connectivity index (χ4n) is 4.25. The van der Waals surface area contributed by atoms with E-state index >= 15 is 0 Å². The van der Waals surface area contributed by atoms with E-state index in [1.807, 2.05) is 20.8 Å². The van der Waals surface area contributed by atoms with Crippen molar-refractivity contribution in [2.24, 2.45) is 5.41 Å². The highest BCUT2D eigenvalue weighted by Gasteiger charge is 2.59. The minimum absolute atomic E-state index is 0.151. The van der Waals surface area contributed by atoms with Crippen LogP contribution in [0, 0.1) is 5.41 Å². The first-order valence-corrected chi connectivity index (χ1v) is 9.26. The van der Waals surface area contributed by atoms with Crippen LogP contribution >= 0.6 is 0 Å². The Morgan fingerprint density at radius 2 is 1.88 bits per heavy atom. The van der Waals surface area contributed by atoms with Gasteiger partial charge in [-0.2, -0.15) is 0 Å². The summed E-state index contributed by atoms with van der Waals surface area (Å²) in [5, 5.41) is 17.2. The Morgan fingerprint density at radius 3 is 2.42 bits per heavy atom. The van der Waals surface area contributed by atoms with Gasteiger partial charge in [-0.25, -0.2) is 4.79 Å². The van der Waals surface area contributed by atoms with Gasteiger partial charge in [0.25, 0.3) is 0 Å². The third kappa shape index (κ3) is 3.70. The number of ether oxygens (including phenoxy) is 2. The van der Waals surface area contributed by atoms with Crippen LogP contribution in [0.15, 0.2) is 0 Å². The minimum atomic E-state index is -0.646. The van der Waals surface area contributed by atoms with Crippen molar-refractivity contribution < 1.29 is 19.4 Å². The number of rotatable bonds is 4. The summed E-state index contributed by atoms with van der Waals surface area (Å²) < 4.78 is 10.7. The molecule has 2 atom stereocenters. The summed E-state index contributed by atoms with van der Waals surface area (Å²) in [6, 6.07) is 0.556. The molecule has 2 aliphatic carbocycles. The summed E-state index contributed by atoms with van der Waals surface area (Å²) in [6.45, 7) is 7.53. The first-order valence-electron chi connectivity index (χ1n) is 9.26. The van der Waals surface area contributed by atoms with Gasteiger partial charge in [0.15, 0.2) is 0 Å². The Kier molecular flexibility index (Phi) is 4.84. The van der Waals surface area contributed by atoms with E-state index < -0.39 is 11.2 Å². The van der Waals surface area contributed by atoms with Crippen molar-refractivity contribution in [2.45, 2.75) is 82.6 Å². The van der Waals surface area contributed by atoms with Crippen LogP contribution in [0.2, 0.25) is 0 Å². The molecule has 1 amide bonds. The Bertz CT molecular complexity index is 464. The second-order valence-electron chi connectivity index (χ2n) is 8.79. The highest BCUT2D eigenvalue weighted by Crippen LogP contribution is 2.56. The molecule has 0 radical (unpaired) electrons. The van der Waals surface area contributed by atoms with Crippen molar-refractivity contribution in [3.8, 4) is 0 Å². The molecule has 1 saturated heterocycles. The van der Waals surface area contributed by atoms with Gasteiger partial charge in [-0.05, 0) is 40.0 Å². The lowest BCUT2D eigenvalue weighted by molar-refractivity contribution is -0.0900. The minimum Gasteiger partial charge on any atom is -0.444 e. The van der Waals surface area contributed by atoms with Crippen molar-refractivity contribution in [1.29, 1.82) is 0 Å². The predicted molar refractivity (Wildman–Crippen MR) is 90.9 cm³/mol. The van der Waals surface area contributed by atoms with Gasteiger partial charge in [-0.15, -0.1) is 0 Å². The predicted octanol–water partition coefficient (Wildman–Crippen LogP) is 1.95. The second kappa shape index (κ2) is 6.46. The Labute approximate surface area is 144 Å². The smallest absolute Gasteiger partial charge is 0.407 e. The number of hydrogen-bond donors (Lipinski definition) is 3. The largest absolute Gasteiger partial charge is 0.444 e. The molecule has 3 fully saturated rings. The maximum Gasteiger partial charge on any atom is 0.407 e. The fourth-order valence-corrected chi connectivity index (χ4v) is 4.25. The first-order chi connectivity index (χ1) is 11.2. The first kappa shape index (κ1) is 18.0. The number of carbonyl (C=O) groups excluding carboxylic acids is 1. The van der Waals surface area contributed by atoms with Crippen LogP contribution in [0.4, 0.5) is 4.79 Å². The lowest BCUT2D eigenvalue weighted by Crippen LogP contribution is -2.72. The molecule has 0 aromatic rings. The summed E-state index contributed by atoms with van der Waals surface area (Å²) in [4.78, 5) is 12.0. The van der Waals surface area contributed by atoms with E-state index in [4.69, 9.17) is 9.47 Å². The highest BCUT2D eigenvalue weighted by atomic mass is 16.6. The Morgan fingerprint density at radius 1 is 1.21 bits per heavy atom. The van der Waals surface area contributed by atoms with Crippen molar-refractivity contribution in [3.05, 3.63) is 0 Å². The van der Waals surface area contributed by atoms with E-state index in [0.29, 0.717) is 38.6 Å². The zero-order valence-corrected chi connectivity index (χ0v) is 15.2. The van der Waals surface area contributed by atoms with E-state index in [9.17, 15) is 9.90 Å². The summed E-state index contributed by atoms with van der Waals surface area (Å²) in [5.74, 6) is 0. The van der Waals surface area contributed by atoms with E-state index in [-0.39, 0.29) is 17.6 Å². The number of hydrogen-bond acceptors (Lipinski definition) is 5. The monoisotopic (exact) mass is 340 g/mol. The number of amides is 1. The van der Waals surface area contributed by atoms with Crippen molar-refractivity contribution in [2.75, 3.05) is 19.8 Å². The molecular weight excluding hydrogens is 308 g/mol. The summed E-state index contributed by atoms with van der Waals surface area (Å²) in [5.41, 5.74) is -0.962. The summed E-state index contributed by atoms with van der Waals surface area (Å²) in [6.07, 6.45) is 5.45. The summed E-state index contributed by atoms with van der Waals surface area (Å²) in [7, 11) is 0. The van der Waals surface area contributed by atoms with Gasteiger partial charge in [0.2, 0.25) is 0 Å². The maximum absolute atomic E-state index is 12.0. The number of aliphatic hydroxyl groups is 1. The van der Waals surface area contributed by atoms with Crippen LogP contribution < -0.4 is 10.6 Å². The maximum atomic E-state index is 12.0. The van der Waals surface area contributed by atoms with Crippen LogP contribution in [-0.4, -0.2) is 54.2 Å². The molecule has 6 nitrogen and oxygen atoms in total. The molecule has 138 valence electrons. The van der Waals surface area contributed by atoms with Crippen LogP contribution in [0.5, 0.6) is 0 Å². The molecule has 3 rings (SSSR count). The molecule has 1 spiro atoms. The zero-order chi connectivity index (χ0) is 17.4. The molecule has 1 aliphatic heterocycles. The molecule has 2 unspecified atom stereocenters. The second-order valence-corrected chi connectivity index (χ2v) is 8.79. The van der Waals surface area contributed by atoms with Gasteiger partial charge in [0.1, 0.15) is 5.60 Å². The normalized spacial score (nSPS) is 31.0. The summed E-state index contributed by atoms with van der Waals surface area (Å²) >= 11 is 0. The molecule has 1 heterocycles. The molecule has 0 bridgehead atoms. The van der Waals surface area contributed by atoms with Crippen molar-refractivity contribution in [1.82, 2.24) is 10.6 Å². The highest BCUT2D eigenvalue weighted by molar-refractivity contribution is 5.68. The molecule has 3 aliphatic rings. The third-order valence-corrected chi connectivity index (χ3v) is 5.94. The van der Waals surface area contributed by atoms with Crippen LogP contribution in [0.25, 0.3) is 0 Å². The van der Waals surface area contributed by atoms with Gasteiger partial charge in [0.05, 0.1) is 5.60 Å². The van der Waals surface area contributed by atoms with Crippen molar-refractivity contribution >= 4 is 6.09 Å². The zero-order valence-electron chi connectivity index (χ0n) is 15.2. The van der Waals surface area contributed by atoms with Gasteiger partial charge < -0.3 is 25.2 Å². The number of carbonyl (C=O) groups is 1. The number of nitrogens with one attached hydrogen (secondary N) is 2. The molecular formula is C18H32N2O4. The van der Waals surface area contributed by atoms with Gasteiger partial charge in [0, 0.05) is 50.1 Å². The van der Waals surface area contributed by atoms with Crippen molar-refractivity contribution in [3.63, 3.8) is 0 Å². The van der Waals surface area contributed by atoms with Gasteiger partial charge in [-0.1, -0.05) is 6.42 Å². The Hall–Kier alpha value is -0.850. The molecule has 6 heteroatoms. The molecule has 0 aromatic carbocycles. The quantitative estimate of drug-likeness (QED) is 0.729. The molecule has 2 saturated carbocycles. The van der Waals surface area contributed by atoms with E-state index in [1.165, 1.54) is 6.42 Å². The average Bonchev–Trinajstić information content (AvgIpc) is 2.39. The van der Waals surface area contributed by atoms with Crippen LogP contribution in [0.1, 0.15) is 59.3 Å².